The van der Waals surface area contributed by atoms with Crippen LogP contribution < -0.4 is 4.74 Å². The number of aromatic nitrogens is 2. The first kappa shape index (κ1) is 19.3. The second-order valence-corrected chi connectivity index (χ2v) is 8.00. The van der Waals surface area contributed by atoms with Gasteiger partial charge in [0.1, 0.15) is 5.75 Å². The monoisotopic (exact) mass is 407 g/mol. The van der Waals surface area contributed by atoms with Crippen LogP contribution in [0.25, 0.3) is 11.4 Å². The van der Waals surface area contributed by atoms with E-state index in [-0.39, 0.29) is 23.9 Å². The van der Waals surface area contributed by atoms with Gasteiger partial charge in [-0.05, 0) is 48.5 Å². The minimum Gasteiger partial charge on any atom is -0.497 e. The van der Waals surface area contributed by atoms with Crippen molar-refractivity contribution in [2.24, 2.45) is 0 Å². The predicted molar refractivity (Wildman–Crippen MR) is 101 cm³/mol. The molecule has 0 atom stereocenters. The molecule has 0 bridgehead atoms. The Balaban J connectivity index is 1.81. The summed E-state index contributed by atoms with van der Waals surface area (Å²) in [6, 6.07) is 13.2. The fraction of sp³-hybridized carbons (Fsp3) is 0.222. The number of nitrogens with zero attached hydrogens (tertiary/aromatic N) is 3. The van der Waals surface area contributed by atoms with Crippen molar-refractivity contribution < 1.29 is 17.7 Å². The molecule has 1 heterocycles. The fourth-order valence-electron chi connectivity index (χ4n) is 2.45. The van der Waals surface area contributed by atoms with Gasteiger partial charge in [0.15, 0.2) is 0 Å². The minimum atomic E-state index is -3.70. The molecule has 0 aliphatic heterocycles. The second-order valence-electron chi connectivity index (χ2n) is 5.63. The molecule has 0 spiro atoms. The Morgan fingerprint density at radius 3 is 2.37 bits per heavy atom. The highest BCUT2D eigenvalue weighted by molar-refractivity contribution is 7.89. The van der Waals surface area contributed by atoms with Crippen LogP contribution in [0.5, 0.6) is 5.75 Å². The maximum atomic E-state index is 12.9. The number of methoxy groups -OCH3 is 1. The van der Waals surface area contributed by atoms with Crippen LogP contribution in [-0.2, 0) is 16.6 Å². The standard InChI is InChI=1S/C18H18ClN3O4S/c1-3-22(27(23,24)16-10-8-15(25-2)9-11-16)12-17-20-18(21-26-17)13-4-6-14(19)7-5-13/h4-11H,3,12H2,1-2H3. The average molecular weight is 408 g/mol. The van der Waals surface area contributed by atoms with Crippen LogP contribution >= 0.6 is 11.6 Å². The smallest absolute Gasteiger partial charge is 0.243 e. The molecule has 0 aliphatic carbocycles. The third-order valence-electron chi connectivity index (χ3n) is 3.93. The van der Waals surface area contributed by atoms with Gasteiger partial charge in [0.05, 0.1) is 18.6 Å². The van der Waals surface area contributed by atoms with Gasteiger partial charge < -0.3 is 9.26 Å². The molecule has 0 fully saturated rings. The van der Waals surface area contributed by atoms with Crippen LogP contribution in [0, 0.1) is 0 Å². The highest BCUT2D eigenvalue weighted by Gasteiger charge is 2.25. The molecule has 0 saturated heterocycles. The van der Waals surface area contributed by atoms with Crippen LogP contribution in [-0.4, -0.2) is 36.5 Å². The van der Waals surface area contributed by atoms with E-state index in [0.29, 0.717) is 16.6 Å². The van der Waals surface area contributed by atoms with Crippen molar-refractivity contribution in [3.8, 4) is 17.1 Å². The molecular weight excluding hydrogens is 390 g/mol. The van der Waals surface area contributed by atoms with E-state index in [2.05, 4.69) is 10.1 Å². The maximum Gasteiger partial charge on any atom is 0.243 e. The molecule has 142 valence electrons. The third kappa shape index (κ3) is 4.29. The summed E-state index contributed by atoms with van der Waals surface area (Å²) in [4.78, 5) is 4.45. The Bertz CT molecular complexity index is 1000. The SMILES string of the molecule is CCN(Cc1nc(-c2ccc(Cl)cc2)no1)S(=O)(=O)c1ccc(OC)cc1. The van der Waals surface area contributed by atoms with Crippen LogP contribution in [0.4, 0.5) is 0 Å². The van der Waals surface area contributed by atoms with Gasteiger partial charge in [-0.25, -0.2) is 8.42 Å². The van der Waals surface area contributed by atoms with Crippen molar-refractivity contribution in [3.63, 3.8) is 0 Å². The van der Waals surface area contributed by atoms with Crippen molar-refractivity contribution in [1.29, 1.82) is 0 Å². The fourth-order valence-corrected chi connectivity index (χ4v) is 3.97. The van der Waals surface area contributed by atoms with E-state index >= 15 is 0 Å². The summed E-state index contributed by atoms with van der Waals surface area (Å²) in [6.07, 6.45) is 0. The summed E-state index contributed by atoms with van der Waals surface area (Å²) in [6.45, 7) is 1.98. The zero-order chi connectivity index (χ0) is 19.4. The van der Waals surface area contributed by atoms with Crippen LogP contribution in [0.15, 0.2) is 57.9 Å². The van der Waals surface area contributed by atoms with E-state index in [9.17, 15) is 8.42 Å². The van der Waals surface area contributed by atoms with Gasteiger partial charge in [0.2, 0.25) is 21.7 Å². The van der Waals surface area contributed by atoms with Crippen molar-refractivity contribution in [2.45, 2.75) is 18.4 Å². The highest BCUT2D eigenvalue weighted by Crippen LogP contribution is 2.22. The Hall–Kier alpha value is -2.42. The Morgan fingerprint density at radius 2 is 1.78 bits per heavy atom. The molecule has 1 aromatic heterocycles. The largest absolute Gasteiger partial charge is 0.497 e. The summed E-state index contributed by atoms with van der Waals surface area (Å²) in [5, 5.41) is 4.52. The Kier molecular flexibility index (Phi) is 5.79. The number of hydrogen-bond donors (Lipinski definition) is 0. The normalized spacial score (nSPS) is 11.7. The van der Waals surface area contributed by atoms with E-state index in [1.165, 1.54) is 23.5 Å². The molecule has 3 aromatic rings. The van der Waals surface area contributed by atoms with Gasteiger partial charge in [0.25, 0.3) is 0 Å². The number of benzene rings is 2. The second kappa shape index (κ2) is 8.08. The lowest BCUT2D eigenvalue weighted by atomic mass is 10.2. The first-order chi connectivity index (χ1) is 12.9. The molecule has 3 rings (SSSR count). The van der Waals surface area contributed by atoms with E-state index in [1.807, 2.05) is 0 Å². The van der Waals surface area contributed by atoms with Gasteiger partial charge in [-0.3, -0.25) is 0 Å². The van der Waals surface area contributed by atoms with E-state index in [0.717, 1.165) is 5.56 Å². The zero-order valence-corrected chi connectivity index (χ0v) is 16.4. The number of ether oxygens (including phenoxy) is 1. The topological polar surface area (TPSA) is 85.5 Å². The summed E-state index contributed by atoms with van der Waals surface area (Å²) < 4.78 is 37.3. The van der Waals surface area contributed by atoms with Crippen molar-refractivity contribution in [2.75, 3.05) is 13.7 Å². The van der Waals surface area contributed by atoms with Crippen LogP contribution in [0.1, 0.15) is 12.8 Å². The quantitative estimate of drug-likeness (QED) is 0.594. The molecule has 0 amide bonds. The van der Waals surface area contributed by atoms with Gasteiger partial charge in [-0.1, -0.05) is 23.7 Å². The molecule has 0 aliphatic rings. The Morgan fingerprint density at radius 1 is 1.11 bits per heavy atom. The number of hydrogen-bond acceptors (Lipinski definition) is 6. The van der Waals surface area contributed by atoms with Crippen LogP contribution in [0.3, 0.4) is 0 Å². The number of rotatable bonds is 7. The van der Waals surface area contributed by atoms with Crippen molar-refractivity contribution >= 4 is 21.6 Å². The highest BCUT2D eigenvalue weighted by atomic mass is 35.5. The maximum absolute atomic E-state index is 12.9. The molecule has 7 nitrogen and oxygen atoms in total. The first-order valence-corrected chi connectivity index (χ1v) is 9.98. The summed E-state index contributed by atoms with van der Waals surface area (Å²) in [7, 11) is -2.18. The average Bonchev–Trinajstić information content (AvgIpc) is 3.15. The van der Waals surface area contributed by atoms with E-state index < -0.39 is 10.0 Å². The van der Waals surface area contributed by atoms with Crippen molar-refractivity contribution in [1.82, 2.24) is 14.4 Å². The molecule has 2 aromatic carbocycles. The molecule has 0 radical (unpaired) electrons. The van der Waals surface area contributed by atoms with Gasteiger partial charge >= 0.3 is 0 Å². The Labute approximate surface area is 162 Å². The summed E-state index contributed by atoms with van der Waals surface area (Å²) >= 11 is 5.87. The van der Waals surface area contributed by atoms with Gasteiger partial charge in [0, 0.05) is 17.1 Å². The van der Waals surface area contributed by atoms with Gasteiger partial charge in [-0.2, -0.15) is 9.29 Å². The van der Waals surface area contributed by atoms with Crippen molar-refractivity contribution in [3.05, 3.63) is 59.4 Å². The first-order valence-electron chi connectivity index (χ1n) is 8.16. The van der Waals surface area contributed by atoms with Crippen LogP contribution in [0.2, 0.25) is 5.02 Å². The molecule has 9 heteroatoms. The molecule has 0 N–H and O–H groups in total. The summed E-state index contributed by atoms with van der Waals surface area (Å²) in [5.74, 6) is 1.17. The molecule has 0 unspecified atom stereocenters. The lowest BCUT2D eigenvalue weighted by molar-refractivity contribution is 0.321. The molecule has 27 heavy (non-hydrogen) atoms. The number of halogens is 1. The number of sulfonamides is 1. The molecule has 0 saturated carbocycles. The lowest BCUT2D eigenvalue weighted by Gasteiger charge is -2.18. The minimum absolute atomic E-state index is 0.0224. The summed E-state index contributed by atoms with van der Waals surface area (Å²) in [5.41, 5.74) is 0.732. The zero-order valence-electron chi connectivity index (χ0n) is 14.8. The van der Waals surface area contributed by atoms with E-state index in [4.69, 9.17) is 20.9 Å². The van der Waals surface area contributed by atoms with E-state index in [1.54, 1.807) is 43.3 Å². The van der Waals surface area contributed by atoms with Gasteiger partial charge in [-0.15, -0.1) is 0 Å². The predicted octanol–water partition coefficient (Wildman–Crippen LogP) is 3.61. The molecular formula is C18H18ClN3O4S. The lowest BCUT2D eigenvalue weighted by Crippen LogP contribution is -2.30. The third-order valence-corrected chi connectivity index (χ3v) is 6.12.